The fraction of sp³-hybridized carbons (Fsp3) is 0.588. The van der Waals surface area contributed by atoms with Gasteiger partial charge in [0, 0.05) is 23.7 Å². The van der Waals surface area contributed by atoms with Gasteiger partial charge in [0.1, 0.15) is 0 Å². The Morgan fingerprint density at radius 3 is 2.81 bits per heavy atom. The molecule has 4 rings (SSSR count). The van der Waals surface area contributed by atoms with Crippen LogP contribution in [-0.2, 0) is 10.2 Å². The number of fused-ring (bicyclic) bond motifs is 2. The van der Waals surface area contributed by atoms with Gasteiger partial charge in [-0.2, -0.15) is 0 Å². The molecule has 0 spiro atoms. The maximum absolute atomic E-state index is 13.3. The molecule has 2 bridgehead atoms. The van der Waals surface area contributed by atoms with Gasteiger partial charge in [-0.1, -0.05) is 23.7 Å². The smallest absolute Gasteiger partial charge is 0.233 e. The lowest BCUT2D eigenvalue weighted by Crippen LogP contribution is -2.47. The summed E-state index contributed by atoms with van der Waals surface area (Å²) in [5.41, 5.74) is 0.826. The molecule has 2 heterocycles. The van der Waals surface area contributed by atoms with E-state index in [-0.39, 0.29) is 5.41 Å². The number of halogens is 1. The van der Waals surface area contributed by atoms with Crippen LogP contribution in [0.25, 0.3) is 0 Å². The number of rotatable bonds is 2. The van der Waals surface area contributed by atoms with Crippen molar-refractivity contribution in [3.05, 3.63) is 34.9 Å². The van der Waals surface area contributed by atoms with Crippen molar-refractivity contribution in [1.82, 2.24) is 10.2 Å². The zero-order chi connectivity index (χ0) is 14.4. The highest BCUT2D eigenvalue weighted by Gasteiger charge is 2.56. The second-order valence-corrected chi connectivity index (χ2v) is 7.12. The first-order valence-electron chi connectivity index (χ1n) is 8.00. The minimum absolute atomic E-state index is 0.282. The van der Waals surface area contributed by atoms with Gasteiger partial charge in [-0.15, -0.1) is 0 Å². The Morgan fingerprint density at radius 2 is 2.05 bits per heavy atom. The number of amides is 1. The Balaban J connectivity index is 1.65. The highest BCUT2D eigenvalue weighted by molar-refractivity contribution is 6.30. The molecule has 1 aliphatic carbocycles. The van der Waals surface area contributed by atoms with E-state index in [0.29, 0.717) is 18.0 Å². The van der Waals surface area contributed by atoms with E-state index >= 15 is 0 Å². The predicted octanol–water partition coefficient (Wildman–Crippen LogP) is 2.72. The van der Waals surface area contributed by atoms with Crippen molar-refractivity contribution in [3.63, 3.8) is 0 Å². The van der Waals surface area contributed by atoms with Crippen LogP contribution < -0.4 is 5.32 Å². The first-order chi connectivity index (χ1) is 10.2. The number of carbonyl (C=O) groups is 1. The van der Waals surface area contributed by atoms with Gasteiger partial charge in [0.2, 0.25) is 5.91 Å². The van der Waals surface area contributed by atoms with Crippen LogP contribution in [0.3, 0.4) is 0 Å². The molecule has 0 radical (unpaired) electrons. The number of benzene rings is 1. The van der Waals surface area contributed by atoms with Crippen LogP contribution in [0.15, 0.2) is 24.3 Å². The lowest BCUT2D eigenvalue weighted by Gasteiger charge is -2.32. The molecule has 2 unspecified atom stereocenters. The Morgan fingerprint density at radius 1 is 1.24 bits per heavy atom. The number of hydrogen-bond acceptors (Lipinski definition) is 2. The zero-order valence-corrected chi connectivity index (χ0v) is 12.9. The van der Waals surface area contributed by atoms with Crippen molar-refractivity contribution >= 4 is 17.5 Å². The molecule has 4 heteroatoms. The van der Waals surface area contributed by atoms with E-state index in [1.54, 1.807) is 0 Å². The summed E-state index contributed by atoms with van der Waals surface area (Å²) in [7, 11) is 0. The largest absolute Gasteiger partial charge is 0.335 e. The quantitative estimate of drug-likeness (QED) is 0.911. The van der Waals surface area contributed by atoms with E-state index in [4.69, 9.17) is 11.6 Å². The van der Waals surface area contributed by atoms with E-state index in [0.717, 1.165) is 49.4 Å². The lowest BCUT2D eigenvalue weighted by molar-refractivity contribution is -0.136. The van der Waals surface area contributed by atoms with Crippen molar-refractivity contribution in [2.24, 2.45) is 0 Å². The monoisotopic (exact) mass is 304 g/mol. The Labute approximate surface area is 130 Å². The predicted molar refractivity (Wildman–Crippen MR) is 83.5 cm³/mol. The number of nitrogens with one attached hydrogen (secondary N) is 1. The normalized spacial score (nSPS) is 30.0. The van der Waals surface area contributed by atoms with Gasteiger partial charge >= 0.3 is 0 Å². The Hall–Kier alpha value is -1.06. The number of carbonyl (C=O) groups excluding carboxylic acids is 1. The van der Waals surface area contributed by atoms with Crippen LogP contribution in [0.4, 0.5) is 0 Å². The van der Waals surface area contributed by atoms with Crippen molar-refractivity contribution < 1.29 is 4.79 Å². The molecule has 2 aliphatic heterocycles. The van der Waals surface area contributed by atoms with Gasteiger partial charge in [0.05, 0.1) is 5.41 Å². The van der Waals surface area contributed by atoms with Crippen molar-refractivity contribution in [3.8, 4) is 0 Å². The van der Waals surface area contributed by atoms with Gasteiger partial charge in [-0.3, -0.25) is 4.79 Å². The van der Waals surface area contributed by atoms with Gasteiger partial charge in [-0.05, 0) is 56.3 Å². The molecule has 3 nitrogen and oxygen atoms in total. The third kappa shape index (κ3) is 2.18. The molecule has 1 amide bonds. The van der Waals surface area contributed by atoms with Crippen LogP contribution in [0.2, 0.25) is 5.02 Å². The zero-order valence-electron chi connectivity index (χ0n) is 12.1. The van der Waals surface area contributed by atoms with E-state index < -0.39 is 0 Å². The summed E-state index contributed by atoms with van der Waals surface area (Å²) in [6.45, 7) is 1.99. The molecular formula is C17H21ClN2O. The molecule has 1 aromatic rings. The van der Waals surface area contributed by atoms with Gasteiger partial charge in [-0.25, -0.2) is 0 Å². The molecular weight excluding hydrogens is 284 g/mol. The van der Waals surface area contributed by atoms with Crippen LogP contribution in [-0.4, -0.2) is 36.0 Å². The number of nitrogens with zero attached hydrogens (tertiary/aromatic N) is 1. The van der Waals surface area contributed by atoms with Gasteiger partial charge in [0.25, 0.3) is 0 Å². The van der Waals surface area contributed by atoms with Crippen LogP contribution in [0, 0.1) is 0 Å². The minimum atomic E-state index is -0.282. The maximum Gasteiger partial charge on any atom is 0.233 e. The van der Waals surface area contributed by atoms with Crippen molar-refractivity contribution in [2.75, 3.05) is 13.1 Å². The molecule has 112 valence electrons. The van der Waals surface area contributed by atoms with Gasteiger partial charge in [0.15, 0.2) is 0 Å². The van der Waals surface area contributed by atoms with Crippen LogP contribution in [0.5, 0.6) is 0 Å². The summed E-state index contributed by atoms with van der Waals surface area (Å²) in [6.07, 6.45) is 5.34. The van der Waals surface area contributed by atoms with E-state index in [2.05, 4.69) is 16.3 Å². The molecule has 1 aromatic carbocycles. The average Bonchev–Trinajstić information content (AvgIpc) is 3.20. The molecule has 0 aromatic heterocycles. The third-order valence-corrected chi connectivity index (χ3v) is 5.66. The maximum atomic E-state index is 13.3. The van der Waals surface area contributed by atoms with Crippen LogP contribution >= 0.6 is 11.6 Å². The molecule has 21 heavy (non-hydrogen) atoms. The molecule has 2 atom stereocenters. The number of hydrogen-bond donors (Lipinski definition) is 1. The summed E-state index contributed by atoms with van der Waals surface area (Å²) < 4.78 is 0. The first-order valence-corrected chi connectivity index (χ1v) is 8.38. The second kappa shape index (κ2) is 4.99. The standard InChI is InChI=1S/C17H21ClN2O/c18-13-3-1-2-12(10-13)17(7-8-17)16(21)20-14-4-5-15(20)11-19-9-6-14/h1-3,10,14-15,19H,4-9,11H2. The molecule has 3 fully saturated rings. The topological polar surface area (TPSA) is 32.3 Å². The average molecular weight is 305 g/mol. The first kappa shape index (κ1) is 13.6. The second-order valence-electron chi connectivity index (χ2n) is 6.68. The summed E-state index contributed by atoms with van der Waals surface area (Å²) in [5.74, 6) is 0.348. The Bertz CT molecular complexity index is 556. The SMILES string of the molecule is O=C(N1C2CCNCC1CC2)C1(c2cccc(Cl)c2)CC1. The fourth-order valence-electron chi connectivity index (χ4n) is 4.10. The summed E-state index contributed by atoms with van der Waals surface area (Å²) >= 11 is 6.13. The molecule has 2 saturated heterocycles. The van der Waals surface area contributed by atoms with Crippen LogP contribution in [0.1, 0.15) is 37.7 Å². The lowest BCUT2D eigenvalue weighted by atomic mass is 9.93. The Kier molecular flexibility index (Phi) is 3.23. The molecule has 1 saturated carbocycles. The molecule has 1 N–H and O–H groups in total. The van der Waals surface area contributed by atoms with E-state index in [1.165, 1.54) is 6.42 Å². The minimum Gasteiger partial charge on any atom is -0.335 e. The highest BCUT2D eigenvalue weighted by atomic mass is 35.5. The third-order valence-electron chi connectivity index (χ3n) is 5.43. The van der Waals surface area contributed by atoms with E-state index in [1.807, 2.05) is 18.2 Å². The van der Waals surface area contributed by atoms with Crippen molar-refractivity contribution in [1.29, 1.82) is 0 Å². The van der Waals surface area contributed by atoms with E-state index in [9.17, 15) is 4.79 Å². The van der Waals surface area contributed by atoms with Gasteiger partial charge < -0.3 is 10.2 Å². The fourth-order valence-corrected chi connectivity index (χ4v) is 4.29. The molecule has 3 aliphatic rings. The summed E-state index contributed by atoms with van der Waals surface area (Å²) in [4.78, 5) is 15.5. The van der Waals surface area contributed by atoms with Crippen molar-refractivity contribution in [2.45, 2.75) is 49.6 Å². The summed E-state index contributed by atoms with van der Waals surface area (Å²) in [5, 5.41) is 4.20. The summed E-state index contributed by atoms with van der Waals surface area (Å²) in [6, 6.07) is 8.71. The highest BCUT2D eigenvalue weighted by Crippen LogP contribution is 2.51.